The number of ether oxygens (including phenoxy) is 1. The van der Waals surface area contributed by atoms with Crippen molar-refractivity contribution in [2.45, 2.75) is 63.3 Å². The van der Waals surface area contributed by atoms with E-state index in [9.17, 15) is 9.59 Å². The van der Waals surface area contributed by atoms with Crippen molar-refractivity contribution in [3.63, 3.8) is 0 Å². The highest BCUT2D eigenvalue weighted by atomic mass is 32.2. The lowest BCUT2D eigenvalue weighted by atomic mass is 9.92. The molecule has 1 aromatic carbocycles. The molecule has 1 aliphatic heterocycles. The molecule has 26 heavy (non-hydrogen) atoms. The van der Waals surface area contributed by atoms with Gasteiger partial charge < -0.3 is 9.64 Å². The molecule has 0 aromatic heterocycles. The molecule has 0 saturated carbocycles. The van der Waals surface area contributed by atoms with Crippen LogP contribution in [0.5, 0.6) is 0 Å². The van der Waals surface area contributed by atoms with Gasteiger partial charge in [-0.3, -0.25) is 4.79 Å². The first-order valence-corrected chi connectivity index (χ1v) is 10.1. The Morgan fingerprint density at radius 2 is 2.00 bits per heavy atom. The van der Waals surface area contributed by atoms with Crippen molar-refractivity contribution in [1.82, 2.24) is 4.90 Å². The predicted molar refractivity (Wildman–Crippen MR) is 106 cm³/mol. The summed E-state index contributed by atoms with van der Waals surface area (Å²) in [4.78, 5) is 28.9. The highest BCUT2D eigenvalue weighted by Gasteiger charge is 2.44. The molecule has 1 unspecified atom stereocenters. The number of methoxy groups -OCH3 is 1. The third-order valence-electron chi connectivity index (χ3n) is 4.94. The van der Waals surface area contributed by atoms with Gasteiger partial charge >= 0.3 is 5.97 Å². The molecule has 0 bridgehead atoms. The number of benzene rings is 1. The minimum absolute atomic E-state index is 0.107. The van der Waals surface area contributed by atoms with Crippen LogP contribution in [0.1, 0.15) is 51.5 Å². The van der Waals surface area contributed by atoms with Crippen LogP contribution < -0.4 is 0 Å². The third-order valence-corrected chi connectivity index (χ3v) is 6.12. The molecule has 1 amide bonds. The number of aryl methyl sites for hydroxylation is 1. The minimum atomic E-state index is -0.913. The lowest BCUT2D eigenvalue weighted by molar-refractivity contribution is -0.158. The van der Waals surface area contributed by atoms with Gasteiger partial charge in [-0.2, -0.15) is 0 Å². The second-order valence-corrected chi connectivity index (χ2v) is 8.15. The van der Waals surface area contributed by atoms with Crippen molar-refractivity contribution in [2.24, 2.45) is 0 Å². The Morgan fingerprint density at radius 3 is 2.65 bits per heavy atom. The van der Waals surface area contributed by atoms with Crippen molar-refractivity contribution in [3.8, 4) is 0 Å². The van der Waals surface area contributed by atoms with E-state index in [1.807, 2.05) is 19.1 Å². The van der Waals surface area contributed by atoms with E-state index < -0.39 is 5.54 Å². The maximum absolute atomic E-state index is 12.6. The summed E-state index contributed by atoms with van der Waals surface area (Å²) in [6.07, 6.45) is 6.52. The SMILES string of the molecule is CCCCCCC(C)(C(=O)OC)N1CC(Sc2ccccc2C)=CC1=O. The molecule has 0 aliphatic carbocycles. The van der Waals surface area contributed by atoms with Crippen molar-refractivity contribution in [3.05, 3.63) is 40.8 Å². The van der Waals surface area contributed by atoms with Crippen LogP contribution in [0.4, 0.5) is 0 Å². The predicted octanol–water partition coefficient (Wildman–Crippen LogP) is 4.72. The average molecular weight is 376 g/mol. The van der Waals surface area contributed by atoms with E-state index in [4.69, 9.17) is 4.74 Å². The topological polar surface area (TPSA) is 46.6 Å². The molecule has 0 spiro atoms. The fourth-order valence-corrected chi connectivity index (χ4v) is 4.26. The summed E-state index contributed by atoms with van der Waals surface area (Å²) >= 11 is 1.60. The molecule has 4 nitrogen and oxygen atoms in total. The molecular weight excluding hydrogens is 346 g/mol. The van der Waals surface area contributed by atoms with Crippen molar-refractivity contribution < 1.29 is 14.3 Å². The van der Waals surface area contributed by atoms with Gasteiger partial charge in [-0.15, -0.1) is 0 Å². The van der Waals surface area contributed by atoms with Crippen LogP contribution in [-0.2, 0) is 14.3 Å². The molecule has 1 aromatic rings. The van der Waals surface area contributed by atoms with E-state index >= 15 is 0 Å². The number of amides is 1. The van der Waals surface area contributed by atoms with Gasteiger partial charge in [0.2, 0.25) is 5.91 Å². The smallest absolute Gasteiger partial charge is 0.331 e. The van der Waals surface area contributed by atoms with Gasteiger partial charge in [0.15, 0.2) is 0 Å². The van der Waals surface area contributed by atoms with E-state index in [1.54, 1.807) is 22.7 Å². The maximum atomic E-state index is 12.6. The molecule has 1 aliphatic rings. The molecule has 0 fully saturated rings. The van der Waals surface area contributed by atoms with Gasteiger partial charge in [0.1, 0.15) is 5.54 Å². The first-order valence-electron chi connectivity index (χ1n) is 9.26. The van der Waals surface area contributed by atoms with Crippen LogP contribution in [0.2, 0.25) is 0 Å². The molecular formula is C21H29NO3S. The summed E-state index contributed by atoms with van der Waals surface area (Å²) in [5.74, 6) is -0.442. The fourth-order valence-electron chi connectivity index (χ4n) is 3.25. The van der Waals surface area contributed by atoms with E-state index in [2.05, 4.69) is 26.0 Å². The van der Waals surface area contributed by atoms with Gasteiger partial charge in [-0.25, -0.2) is 4.79 Å². The highest BCUT2D eigenvalue weighted by molar-refractivity contribution is 8.03. The molecule has 1 heterocycles. The Labute approximate surface area is 161 Å². The second-order valence-electron chi connectivity index (χ2n) is 6.98. The van der Waals surface area contributed by atoms with Crippen molar-refractivity contribution >= 4 is 23.6 Å². The molecule has 0 saturated heterocycles. The summed E-state index contributed by atoms with van der Waals surface area (Å²) < 4.78 is 5.04. The van der Waals surface area contributed by atoms with E-state index in [0.29, 0.717) is 13.0 Å². The van der Waals surface area contributed by atoms with Crippen LogP contribution >= 0.6 is 11.8 Å². The number of nitrogens with zero attached hydrogens (tertiary/aromatic N) is 1. The molecule has 1 atom stereocenters. The molecule has 0 N–H and O–H groups in total. The van der Waals surface area contributed by atoms with Gasteiger partial charge in [-0.05, 0) is 31.9 Å². The number of hydrogen-bond acceptors (Lipinski definition) is 4. The summed E-state index contributed by atoms with van der Waals surface area (Å²) in [5.41, 5.74) is 0.268. The second kappa shape index (κ2) is 9.26. The normalized spacial score (nSPS) is 16.4. The Balaban J connectivity index is 2.11. The summed E-state index contributed by atoms with van der Waals surface area (Å²) in [6, 6.07) is 8.11. The lowest BCUT2D eigenvalue weighted by Crippen LogP contribution is -2.54. The first-order chi connectivity index (χ1) is 12.4. The number of rotatable bonds is 9. The van der Waals surface area contributed by atoms with Gasteiger partial charge in [-0.1, -0.05) is 62.6 Å². The zero-order chi connectivity index (χ0) is 19.2. The van der Waals surface area contributed by atoms with E-state index in [0.717, 1.165) is 35.5 Å². The Bertz CT molecular complexity index is 686. The van der Waals surface area contributed by atoms with Crippen LogP contribution in [0.15, 0.2) is 40.1 Å². The Hall–Kier alpha value is -1.75. The van der Waals surface area contributed by atoms with Crippen molar-refractivity contribution in [1.29, 1.82) is 0 Å². The molecule has 0 radical (unpaired) electrons. The van der Waals surface area contributed by atoms with E-state index in [1.165, 1.54) is 12.7 Å². The molecule has 5 heteroatoms. The summed E-state index contributed by atoms with van der Waals surface area (Å²) in [7, 11) is 1.39. The largest absolute Gasteiger partial charge is 0.467 e. The van der Waals surface area contributed by atoms with Crippen LogP contribution in [0.3, 0.4) is 0 Å². The maximum Gasteiger partial charge on any atom is 0.331 e. The Kier molecular flexibility index (Phi) is 7.33. The van der Waals surface area contributed by atoms with Crippen LogP contribution in [0, 0.1) is 6.92 Å². The van der Waals surface area contributed by atoms with Crippen LogP contribution in [-0.4, -0.2) is 36.0 Å². The number of esters is 1. The first kappa shape index (κ1) is 20.6. The third kappa shape index (κ3) is 4.70. The van der Waals surface area contributed by atoms with Gasteiger partial charge in [0.05, 0.1) is 13.7 Å². The van der Waals surface area contributed by atoms with Crippen molar-refractivity contribution in [2.75, 3.05) is 13.7 Å². The quantitative estimate of drug-likeness (QED) is 0.463. The molecule has 142 valence electrons. The highest BCUT2D eigenvalue weighted by Crippen LogP contribution is 2.36. The van der Waals surface area contributed by atoms with Gasteiger partial charge in [0, 0.05) is 15.9 Å². The number of hydrogen-bond donors (Lipinski definition) is 0. The number of thioether (sulfide) groups is 1. The fraction of sp³-hybridized carbons (Fsp3) is 0.524. The number of carbonyl (C=O) groups excluding carboxylic acids is 2. The van der Waals surface area contributed by atoms with Gasteiger partial charge in [0.25, 0.3) is 0 Å². The van der Waals surface area contributed by atoms with E-state index in [-0.39, 0.29) is 11.9 Å². The average Bonchev–Trinajstić information content (AvgIpc) is 3.00. The summed E-state index contributed by atoms with van der Waals surface area (Å²) in [6.45, 7) is 6.50. The standard InChI is InChI=1S/C21H29NO3S/c1-5-6-7-10-13-21(3,20(24)25-4)22-15-17(14-19(22)23)26-18-12-9-8-11-16(18)2/h8-9,11-12,14H,5-7,10,13,15H2,1-4H3. The summed E-state index contributed by atoms with van der Waals surface area (Å²) in [5, 5.41) is 0. The zero-order valence-corrected chi connectivity index (χ0v) is 17.0. The monoisotopic (exact) mass is 375 g/mol. The number of carbonyl (C=O) groups is 2. The zero-order valence-electron chi connectivity index (χ0n) is 16.2. The number of unbranched alkanes of at least 4 members (excludes halogenated alkanes) is 3. The van der Waals surface area contributed by atoms with Crippen LogP contribution in [0.25, 0.3) is 0 Å². The molecule has 2 rings (SSSR count). The minimum Gasteiger partial charge on any atom is -0.467 e. The Morgan fingerprint density at radius 1 is 1.27 bits per heavy atom. The lowest BCUT2D eigenvalue weighted by Gasteiger charge is -2.36.